The number of amides is 3. The first-order valence-corrected chi connectivity index (χ1v) is 11.2. The largest absolute Gasteiger partial charge is 0.396 e. The lowest BCUT2D eigenvalue weighted by molar-refractivity contribution is -0.140. The summed E-state index contributed by atoms with van der Waals surface area (Å²) in [6, 6.07) is 8.98. The van der Waals surface area contributed by atoms with Crippen LogP contribution < -0.4 is 10.6 Å². The number of nitrogens with zero attached hydrogens (tertiary/aromatic N) is 1. The van der Waals surface area contributed by atoms with E-state index < -0.39 is 17.9 Å². The number of carbonyl (C=O) groups is 3. The van der Waals surface area contributed by atoms with E-state index in [1.807, 2.05) is 49.4 Å². The van der Waals surface area contributed by atoms with Crippen LogP contribution in [0.1, 0.15) is 31.7 Å². The predicted molar refractivity (Wildman–Crippen MR) is 118 cm³/mol. The normalized spacial score (nSPS) is 27.1. The summed E-state index contributed by atoms with van der Waals surface area (Å²) in [6.45, 7) is 2.82. The molecule has 1 aliphatic heterocycles. The van der Waals surface area contributed by atoms with E-state index in [1.165, 1.54) is 0 Å². The lowest BCUT2D eigenvalue weighted by atomic mass is 9.69. The standard InChI is InChI=1S/C24H33N3O4/c1-3-17-11-12-18-20(19(17)22(29)25-2)24(31)27(13-7-8-14-28)21(18)23(30)26-15-16-9-5-4-6-10-16/h4-6,9-12,17-21,28H,3,7-8,13-15H2,1-2H3,(H,25,29)(H,26,30)/t17-,18+,19-,20-,21+/m1/s1. The zero-order valence-corrected chi connectivity index (χ0v) is 18.3. The van der Waals surface area contributed by atoms with E-state index in [2.05, 4.69) is 10.6 Å². The molecule has 3 rings (SSSR count). The van der Waals surface area contributed by atoms with Crippen LogP contribution in [0.5, 0.6) is 0 Å². The molecule has 168 valence electrons. The summed E-state index contributed by atoms with van der Waals surface area (Å²) in [5.74, 6) is -1.90. The summed E-state index contributed by atoms with van der Waals surface area (Å²) in [4.78, 5) is 41.1. The van der Waals surface area contributed by atoms with Crippen LogP contribution in [0.25, 0.3) is 0 Å². The van der Waals surface area contributed by atoms with Crippen molar-refractivity contribution in [2.75, 3.05) is 20.2 Å². The molecule has 2 aliphatic rings. The van der Waals surface area contributed by atoms with E-state index in [9.17, 15) is 14.4 Å². The van der Waals surface area contributed by atoms with Gasteiger partial charge in [-0.05, 0) is 30.7 Å². The Balaban J connectivity index is 1.87. The Bertz CT molecular complexity index is 810. The third-order valence-corrected chi connectivity index (χ3v) is 6.52. The average molecular weight is 428 g/mol. The molecule has 1 aromatic carbocycles. The molecule has 1 saturated heterocycles. The molecule has 7 heteroatoms. The average Bonchev–Trinajstić information content (AvgIpc) is 3.08. The molecule has 0 aromatic heterocycles. The fourth-order valence-electron chi connectivity index (χ4n) is 4.94. The van der Waals surface area contributed by atoms with E-state index >= 15 is 0 Å². The zero-order chi connectivity index (χ0) is 22.4. The van der Waals surface area contributed by atoms with Gasteiger partial charge in [0.25, 0.3) is 0 Å². The molecule has 7 nitrogen and oxygen atoms in total. The van der Waals surface area contributed by atoms with Crippen molar-refractivity contribution in [3.05, 3.63) is 48.0 Å². The molecule has 0 spiro atoms. The van der Waals surface area contributed by atoms with Crippen LogP contribution in [0.2, 0.25) is 0 Å². The zero-order valence-electron chi connectivity index (χ0n) is 18.3. The maximum Gasteiger partial charge on any atom is 0.243 e. The molecule has 1 aromatic rings. The van der Waals surface area contributed by atoms with Crippen LogP contribution in [-0.2, 0) is 20.9 Å². The van der Waals surface area contributed by atoms with E-state index in [0.717, 1.165) is 12.0 Å². The molecule has 0 unspecified atom stereocenters. The Labute approximate surface area is 183 Å². The van der Waals surface area contributed by atoms with Gasteiger partial charge in [-0.1, -0.05) is 49.4 Å². The first-order chi connectivity index (χ1) is 15.0. The van der Waals surface area contributed by atoms with Crippen LogP contribution in [-0.4, -0.2) is 54.0 Å². The number of hydrogen-bond donors (Lipinski definition) is 3. The quantitative estimate of drug-likeness (QED) is 0.411. The Morgan fingerprint density at radius 2 is 1.84 bits per heavy atom. The third-order valence-electron chi connectivity index (χ3n) is 6.52. The Hall–Kier alpha value is -2.67. The number of aliphatic hydroxyl groups excluding tert-OH is 1. The van der Waals surface area contributed by atoms with Crippen molar-refractivity contribution in [1.82, 2.24) is 15.5 Å². The smallest absolute Gasteiger partial charge is 0.243 e. The number of benzene rings is 1. The highest BCUT2D eigenvalue weighted by molar-refractivity contribution is 5.96. The van der Waals surface area contributed by atoms with Crippen molar-refractivity contribution in [3.63, 3.8) is 0 Å². The third kappa shape index (κ3) is 4.82. The minimum Gasteiger partial charge on any atom is -0.396 e. The van der Waals surface area contributed by atoms with Gasteiger partial charge in [0.15, 0.2) is 0 Å². The second-order valence-electron chi connectivity index (χ2n) is 8.31. The highest BCUT2D eigenvalue weighted by Gasteiger charge is 2.56. The van der Waals surface area contributed by atoms with Crippen LogP contribution in [0.3, 0.4) is 0 Å². The first-order valence-electron chi connectivity index (χ1n) is 11.2. The molecular formula is C24H33N3O4. The maximum atomic E-state index is 13.5. The summed E-state index contributed by atoms with van der Waals surface area (Å²) < 4.78 is 0. The topological polar surface area (TPSA) is 98.7 Å². The monoisotopic (exact) mass is 427 g/mol. The van der Waals surface area contributed by atoms with Gasteiger partial charge in [0.2, 0.25) is 17.7 Å². The van der Waals surface area contributed by atoms with Crippen molar-refractivity contribution in [3.8, 4) is 0 Å². The van der Waals surface area contributed by atoms with Gasteiger partial charge in [0.1, 0.15) is 6.04 Å². The molecule has 0 saturated carbocycles. The molecule has 31 heavy (non-hydrogen) atoms. The number of aliphatic hydroxyl groups is 1. The summed E-state index contributed by atoms with van der Waals surface area (Å²) in [5, 5.41) is 14.9. The van der Waals surface area contributed by atoms with Crippen molar-refractivity contribution >= 4 is 17.7 Å². The number of likely N-dealkylation sites (tertiary alicyclic amines) is 1. The van der Waals surface area contributed by atoms with Crippen molar-refractivity contribution in [1.29, 1.82) is 0 Å². The lowest BCUT2D eigenvalue weighted by Crippen LogP contribution is -2.47. The van der Waals surface area contributed by atoms with Gasteiger partial charge in [-0.2, -0.15) is 0 Å². The Kier molecular flexibility index (Phi) is 7.85. The number of allylic oxidation sites excluding steroid dienone is 1. The van der Waals surface area contributed by atoms with Gasteiger partial charge in [0.05, 0.1) is 11.8 Å². The van der Waals surface area contributed by atoms with Crippen LogP contribution in [0.15, 0.2) is 42.5 Å². The van der Waals surface area contributed by atoms with Crippen molar-refractivity contribution < 1.29 is 19.5 Å². The number of nitrogens with one attached hydrogen (secondary N) is 2. The van der Waals surface area contributed by atoms with Gasteiger partial charge >= 0.3 is 0 Å². The minimum absolute atomic E-state index is 0.0319. The Morgan fingerprint density at radius 1 is 1.10 bits per heavy atom. The summed E-state index contributed by atoms with van der Waals surface area (Å²) >= 11 is 0. The number of rotatable bonds is 9. The van der Waals surface area contributed by atoms with Gasteiger partial charge in [-0.15, -0.1) is 0 Å². The van der Waals surface area contributed by atoms with Crippen LogP contribution in [0, 0.1) is 23.7 Å². The van der Waals surface area contributed by atoms with Crippen LogP contribution in [0.4, 0.5) is 0 Å². The van der Waals surface area contributed by atoms with Crippen molar-refractivity contribution in [2.24, 2.45) is 23.7 Å². The highest BCUT2D eigenvalue weighted by Crippen LogP contribution is 2.44. The fourth-order valence-corrected chi connectivity index (χ4v) is 4.94. The SMILES string of the molecule is CC[C@@H]1C=C[C@H]2[C@@H](C(=O)N(CCCCO)[C@@H]2C(=O)NCc2ccccc2)[C@@H]1C(=O)NC. The van der Waals surface area contributed by atoms with E-state index in [1.54, 1.807) is 11.9 Å². The van der Waals surface area contributed by atoms with E-state index in [-0.39, 0.29) is 36.2 Å². The molecule has 3 amide bonds. The molecule has 0 radical (unpaired) electrons. The van der Waals surface area contributed by atoms with Gasteiger partial charge in [-0.25, -0.2) is 0 Å². The molecule has 3 N–H and O–H groups in total. The van der Waals surface area contributed by atoms with Gasteiger partial charge < -0.3 is 20.6 Å². The minimum atomic E-state index is -0.652. The Morgan fingerprint density at radius 3 is 2.48 bits per heavy atom. The fraction of sp³-hybridized carbons (Fsp3) is 0.542. The summed E-state index contributed by atoms with van der Waals surface area (Å²) in [6.07, 6.45) is 5.89. The molecular weight excluding hydrogens is 394 g/mol. The van der Waals surface area contributed by atoms with Gasteiger partial charge in [0, 0.05) is 32.7 Å². The second-order valence-corrected chi connectivity index (χ2v) is 8.31. The molecule has 1 aliphatic carbocycles. The second kappa shape index (κ2) is 10.6. The molecule has 1 heterocycles. The predicted octanol–water partition coefficient (Wildman–Crippen LogP) is 1.48. The first kappa shape index (κ1) is 23.0. The van der Waals surface area contributed by atoms with E-state index in [4.69, 9.17) is 5.11 Å². The lowest BCUT2D eigenvalue weighted by Gasteiger charge is -2.33. The molecule has 0 bridgehead atoms. The van der Waals surface area contributed by atoms with Crippen molar-refractivity contribution in [2.45, 2.75) is 38.8 Å². The summed E-state index contributed by atoms with van der Waals surface area (Å²) in [7, 11) is 1.59. The van der Waals surface area contributed by atoms with Gasteiger partial charge in [-0.3, -0.25) is 14.4 Å². The highest BCUT2D eigenvalue weighted by atomic mass is 16.3. The number of hydrogen-bond acceptors (Lipinski definition) is 4. The number of unbranched alkanes of at least 4 members (excludes halogenated alkanes) is 1. The van der Waals surface area contributed by atoms with E-state index in [0.29, 0.717) is 25.9 Å². The maximum absolute atomic E-state index is 13.5. The summed E-state index contributed by atoms with van der Waals surface area (Å²) in [5.41, 5.74) is 0.983. The van der Waals surface area contributed by atoms with Crippen LogP contribution >= 0.6 is 0 Å². The molecule has 5 atom stereocenters. The number of carbonyl (C=O) groups excluding carboxylic acids is 3. The molecule has 1 fully saturated rings. The number of fused-ring (bicyclic) bond motifs is 1.